The van der Waals surface area contributed by atoms with Crippen LogP contribution in [0.1, 0.15) is 77.8 Å². The molecule has 0 radical (unpaired) electrons. The zero-order valence-electron chi connectivity index (χ0n) is 22.0. The topological polar surface area (TPSA) is 26.7 Å². The molecule has 3 nitrogen and oxygen atoms in total. The lowest BCUT2D eigenvalue weighted by Gasteiger charge is -2.31. The summed E-state index contributed by atoms with van der Waals surface area (Å²) in [6, 6.07) is 24.5. The summed E-state index contributed by atoms with van der Waals surface area (Å²) < 4.78 is 0. The average molecular weight is 483 g/mol. The van der Waals surface area contributed by atoms with E-state index >= 15 is 0 Å². The van der Waals surface area contributed by atoms with E-state index in [1.165, 1.54) is 59.9 Å². The Kier molecular flexibility index (Phi) is 8.40. The van der Waals surface area contributed by atoms with E-state index in [1.54, 1.807) is 0 Å². The van der Waals surface area contributed by atoms with Gasteiger partial charge in [-0.3, -0.25) is 9.80 Å². The lowest BCUT2D eigenvalue weighted by atomic mass is 9.87. The van der Waals surface area contributed by atoms with Gasteiger partial charge in [0.15, 0.2) is 0 Å². The smallest absolute Gasteiger partial charge is 0.123 e. The van der Waals surface area contributed by atoms with Gasteiger partial charge in [0.25, 0.3) is 0 Å². The van der Waals surface area contributed by atoms with Crippen LogP contribution < -0.4 is 0 Å². The first-order valence-electron chi connectivity index (χ1n) is 14.1. The number of fused-ring (bicyclic) bond motifs is 1. The van der Waals surface area contributed by atoms with Crippen LogP contribution in [0.3, 0.4) is 0 Å². The summed E-state index contributed by atoms with van der Waals surface area (Å²) >= 11 is 0. The number of benzene rings is 3. The molecule has 0 spiro atoms. The van der Waals surface area contributed by atoms with Crippen LogP contribution >= 0.6 is 0 Å². The fourth-order valence-electron chi connectivity index (χ4n) is 6.13. The van der Waals surface area contributed by atoms with Crippen LogP contribution in [0, 0.1) is 6.92 Å². The third-order valence-electron chi connectivity index (χ3n) is 8.28. The molecule has 3 aromatic carbocycles. The molecule has 5 rings (SSSR count). The van der Waals surface area contributed by atoms with Crippen LogP contribution in [-0.2, 0) is 19.5 Å². The fraction of sp³-hybridized carbons (Fsp3) is 0.455. The van der Waals surface area contributed by atoms with E-state index in [4.69, 9.17) is 0 Å². The van der Waals surface area contributed by atoms with Gasteiger partial charge in [0.2, 0.25) is 0 Å². The van der Waals surface area contributed by atoms with E-state index in [2.05, 4.69) is 83.5 Å². The molecular formula is C33H42N2O. The highest BCUT2D eigenvalue weighted by molar-refractivity contribution is 5.47. The Morgan fingerprint density at radius 2 is 1.50 bits per heavy atom. The summed E-state index contributed by atoms with van der Waals surface area (Å²) in [4.78, 5) is 5.11. The lowest BCUT2D eigenvalue weighted by molar-refractivity contribution is 0.243. The molecule has 1 atom stereocenters. The maximum absolute atomic E-state index is 11.1. The number of aryl methyl sites for hydroxylation is 1. The highest BCUT2D eigenvalue weighted by Crippen LogP contribution is 2.33. The second-order valence-corrected chi connectivity index (χ2v) is 10.9. The normalized spacial score (nSPS) is 17.9. The number of aromatic hydroxyl groups is 1. The van der Waals surface area contributed by atoms with E-state index in [0.717, 1.165) is 57.7 Å². The van der Waals surface area contributed by atoms with Crippen molar-refractivity contribution in [2.45, 2.75) is 70.9 Å². The number of nitrogens with zero attached hydrogens (tertiary/aromatic N) is 2. The molecule has 190 valence electrons. The van der Waals surface area contributed by atoms with Gasteiger partial charge in [-0.05, 0) is 80.9 Å². The molecule has 2 aliphatic rings. The highest BCUT2D eigenvalue weighted by atomic mass is 16.3. The number of likely N-dealkylation sites (tertiary alicyclic amines) is 1. The summed E-state index contributed by atoms with van der Waals surface area (Å²) in [5, 5.41) is 11.1. The van der Waals surface area contributed by atoms with Crippen molar-refractivity contribution in [1.29, 1.82) is 0 Å². The first-order chi connectivity index (χ1) is 17.7. The number of phenols is 1. The molecule has 36 heavy (non-hydrogen) atoms. The van der Waals surface area contributed by atoms with Gasteiger partial charge < -0.3 is 5.11 Å². The molecule has 2 heterocycles. The van der Waals surface area contributed by atoms with Crippen molar-refractivity contribution < 1.29 is 5.11 Å². The Balaban J connectivity index is 1.20. The highest BCUT2D eigenvalue weighted by Gasteiger charge is 2.22. The van der Waals surface area contributed by atoms with Crippen LogP contribution in [0.15, 0.2) is 66.7 Å². The molecule has 0 amide bonds. The second kappa shape index (κ2) is 12.1. The van der Waals surface area contributed by atoms with Crippen LogP contribution in [0.4, 0.5) is 0 Å². The summed E-state index contributed by atoms with van der Waals surface area (Å²) in [6.45, 7) is 8.47. The molecule has 3 aromatic rings. The summed E-state index contributed by atoms with van der Waals surface area (Å²) in [5.74, 6) is 1.01. The predicted octanol–water partition coefficient (Wildman–Crippen LogP) is 7.05. The van der Waals surface area contributed by atoms with Gasteiger partial charge in [0.1, 0.15) is 5.75 Å². The zero-order chi connectivity index (χ0) is 24.7. The predicted molar refractivity (Wildman–Crippen MR) is 150 cm³/mol. The number of rotatable bonds is 8. The van der Waals surface area contributed by atoms with Crippen molar-refractivity contribution in [3.63, 3.8) is 0 Å². The Labute approximate surface area is 217 Å². The monoisotopic (exact) mass is 482 g/mol. The van der Waals surface area contributed by atoms with Crippen molar-refractivity contribution in [3.8, 4) is 5.75 Å². The number of phenolic OH excluding ortho intramolecular Hbond substituents is 1. The number of hydrogen-bond donors (Lipinski definition) is 1. The van der Waals surface area contributed by atoms with E-state index in [1.807, 2.05) is 0 Å². The molecule has 3 heteroatoms. The molecule has 1 unspecified atom stereocenters. The van der Waals surface area contributed by atoms with Crippen LogP contribution in [0.5, 0.6) is 5.75 Å². The van der Waals surface area contributed by atoms with E-state index in [9.17, 15) is 5.11 Å². The van der Waals surface area contributed by atoms with Crippen LogP contribution in [-0.4, -0.2) is 41.1 Å². The maximum atomic E-state index is 11.1. The van der Waals surface area contributed by atoms with Gasteiger partial charge in [-0.2, -0.15) is 0 Å². The number of hydrogen-bond acceptors (Lipinski definition) is 3. The van der Waals surface area contributed by atoms with Gasteiger partial charge in [-0.25, -0.2) is 0 Å². The Bertz CT molecular complexity index is 1100. The summed E-state index contributed by atoms with van der Waals surface area (Å²) in [7, 11) is 0. The van der Waals surface area contributed by atoms with Crippen molar-refractivity contribution in [3.05, 3.63) is 100 Å². The van der Waals surface area contributed by atoms with E-state index in [-0.39, 0.29) is 0 Å². The van der Waals surface area contributed by atoms with Crippen molar-refractivity contribution in [1.82, 2.24) is 9.80 Å². The third kappa shape index (κ3) is 6.19. The average Bonchev–Trinajstić information content (AvgIpc) is 3.18. The third-order valence-corrected chi connectivity index (χ3v) is 8.28. The van der Waals surface area contributed by atoms with Crippen LogP contribution in [0.2, 0.25) is 0 Å². The van der Waals surface area contributed by atoms with Gasteiger partial charge in [0.05, 0.1) is 0 Å². The van der Waals surface area contributed by atoms with Crippen molar-refractivity contribution >= 4 is 0 Å². The van der Waals surface area contributed by atoms with Gasteiger partial charge in [0, 0.05) is 31.1 Å². The fourth-order valence-corrected chi connectivity index (χ4v) is 6.13. The molecule has 0 aromatic heterocycles. The van der Waals surface area contributed by atoms with E-state index in [0.29, 0.717) is 11.7 Å². The minimum absolute atomic E-state index is 0.439. The second-order valence-electron chi connectivity index (χ2n) is 10.9. The quantitative estimate of drug-likeness (QED) is 0.373. The van der Waals surface area contributed by atoms with Gasteiger partial charge in [-0.1, -0.05) is 85.1 Å². The molecule has 0 bridgehead atoms. The van der Waals surface area contributed by atoms with E-state index < -0.39 is 0 Å². The SMILES string of the molecule is Cc1ccc(C(CCCN2CCc3c(ccc(CN4CCCCCC4)c3O)C2)c2ccccc2)cc1. The summed E-state index contributed by atoms with van der Waals surface area (Å²) in [5.41, 5.74) is 7.77. The molecule has 0 aliphatic carbocycles. The zero-order valence-corrected chi connectivity index (χ0v) is 22.0. The summed E-state index contributed by atoms with van der Waals surface area (Å²) in [6.07, 6.45) is 8.54. The minimum atomic E-state index is 0.439. The van der Waals surface area contributed by atoms with Crippen molar-refractivity contribution in [2.75, 3.05) is 26.2 Å². The Morgan fingerprint density at radius 1 is 0.778 bits per heavy atom. The Morgan fingerprint density at radius 3 is 2.25 bits per heavy atom. The molecule has 1 fully saturated rings. The largest absolute Gasteiger partial charge is 0.507 e. The van der Waals surface area contributed by atoms with Crippen molar-refractivity contribution in [2.24, 2.45) is 0 Å². The standard InChI is InChI=1S/C33H42N2O/c1-26-13-15-28(16-14-26)31(27-10-5-4-6-11-27)12-9-22-35-23-19-32-29(24-35)17-18-30(33(32)36)25-34-20-7-2-3-8-21-34/h4-6,10-11,13-18,31,36H,2-3,7-9,12,19-25H2,1H3. The van der Waals surface area contributed by atoms with Gasteiger partial charge in [-0.15, -0.1) is 0 Å². The molecular weight excluding hydrogens is 440 g/mol. The molecule has 0 saturated carbocycles. The first-order valence-corrected chi connectivity index (χ1v) is 14.1. The Hall–Kier alpha value is -2.62. The molecule has 1 saturated heterocycles. The molecule has 2 aliphatic heterocycles. The first kappa shape index (κ1) is 25.0. The van der Waals surface area contributed by atoms with Gasteiger partial charge >= 0.3 is 0 Å². The van der Waals surface area contributed by atoms with Crippen LogP contribution in [0.25, 0.3) is 0 Å². The lowest BCUT2D eigenvalue weighted by Crippen LogP contribution is -2.32. The maximum Gasteiger partial charge on any atom is 0.123 e. The molecule has 1 N–H and O–H groups in total. The minimum Gasteiger partial charge on any atom is -0.507 e.